The molecular weight excluding hydrogens is 172 g/mol. The summed E-state index contributed by atoms with van der Waals surface area (Å²) in [5.74, 6) is 0. The van der Waals surface area contributed by atoms with Gasteiger partial charge in [0.05, 0.1) is 0 Å². The molecule has 0 spiro atoms. The van der Waals surface area contributed by atoms with Crippen molar-refractivity contribution < 1.29 is 0 Å². The summed E-state index contributed by atoms with van der Waals surface area (Å²) in [5, 5.41) is 5.94. The Morgan fingerprint density at radius 1 is 1.14 bits per heavy atom. The summed E-state index contributed by atoms with van der Waals surface area (Å²) in [6.07, 6.45) is 6.36. The number of rotatable bonds is 2. The SMILES string of the molecule is c1cc2ccc(NC3CC3)cc2cn1. The number of aromatic nitrogens is 1. The van der Waals surface area contributed by atoms with Crippen LogP contribution in [0.5, 0.6) is 0 Å². The number of nitrogens with one attached hydrogen (secondary N) is 1. The van der Waals surface area contributed by atoms with E-state index in [2.05, 4.69) is 28.5 Å². The molecule has 0 bridgehead atoms. The van der Waals surface area contributed by atoms with Crippen LogP contribution in [0.25, 0.3) is 10.8 Å². The van der Waals surface area contributed by atoms with Crippen LogP contribution in [0.2, 0.25) is 0 Å². The Bertz CT molecular complexity index is 461. The van der Waals surface area contributed by atoms with Gasteiger partial charge in [0.2, 0.25) is 0 Å². The number of pyridine rings is 1. The number of benzene rings is 1. The van der Waals surface area contributed by atoms with E-state index in [9.17, 15) is 0 Å². The number of fused-ring (bicyclic) bond motifs is 1. The highest BCUT2D eigenvalue weighted by Crippen LogP contribution is 2.26. The van der Waals surface area contributed by atoms with E-state index >= 15 is 0 Å². The van der Waals surface area contributed by atoms with E-state index in [1.54, 1.807) is 0 Å². The molecule has 2 nitrogen and oxygen atoms in total. The fourth-order valence-electron chi connectivity index (χ4n) is 1.64. The summed E-state index contributed by atoms with van der Waals surface area (Å²) in [5.41, 5.74) is 1.22. The fraction of sp³-hybridized carbons (Fsp3) is 0.250. The predicted molar refractivity (Wildman–Crippen MR) is 58.4 cm³/mol. The summed E-state index contributed by atoms with van der Waals surface area (Å²) >= 11 is 0. The molecule has 1 aromatic heterocycles. The first kappa shape index (κ1) is 7.80. The summed E-state index contributed by atoms with van der Waals surface area (Å²) < 4.78 is 0. The van der Waals surface area contributed by atoms with E-state index in [1.807, 2.05) is 18.5 Å². The lowest BCUT2D eigenvalue weighted by atomic mass is 10.1. The van der Waals surface area contributed by atoms with Gasteiger partial charge in [-0.2, -0.15) is 0 Å². The first-order chi connectivity index (χ1) is 6.92. The van der Waals surface area contributed by atoms with Gasteiger partial charge in [0.15, 0.2) is 0 Å². The molecular formula is C12H12N2. The Labute approximate surface area is 83.0 Å². The highest BCUT2D eigenvalue weighted by Gasteiger charge is 2.20. The maximum Gasteiger partial charge on any atom is 0.0349 e. The van der Waals surface area contributed by atoms with Crippen molar-refractivity contribution in [3.63, 3.8) is 0 Å². The molecule has 1 aliphatic carbocycles. The van der Waals surface area contributed by atoms with Crippen molar-refractivity contribution in [2.75, 3.05) is 5.32 Å². The van der Waals surface area contributed by atoms with Crippen LogP contribution in [0.1, 0.15) is 12.8 Å². The molecule has 14 heavy (non-hydrogen) atoms. The lowest BCUT2D eigenvalue weighted by Crippen LogP contribution is -1.99. The Morgan fingerprint density at radius 2 is 2.07 bits per heavy atom. The predicted octanol–water partition coefficient (Wildman–Crippen LogP) is 2.81. The second-order valence-electron chi connectivity index (χ2n) is 3.86. The quantitative estimate of drug-likeness (QED) is 0.776. The normalized spacial score (nSPS) is 15.7. The van der Waals surface area contributed by atoms with E-state index in [0.717, 1.165) is 0 Å². The first-order valence-electron chi connectivity index (χ1n) is 5.02. The van der Waals surface area contributed by atoms with Gasteiger partial charge in [-0.15, -0.1) is 0 Å². The Hall–Kier alpha value is -1.57. The van der Waals surface area contributed by atoms with Gasteiger partial charge in [-0.1, -0.05) is 6.07 Å². The molecule has 0 unspecified atom stereocenters. The van der Waals surface area contributed by atoms with Crippen LogP contribution in [0.4, 0.5) is 5.69 Å². The van der Waals surface area contributed by atoms with Crippen LogP contribution >= 0.6 is 0 Å². The van der Waals surface area contributed by atoms with E-state index < -0.39 is 0 Å². The average Bonchev–Trinajstić information content (AvgIpc) is 3.02. The first-order valence-corrected chi connectivity index (χ1v) is 5.02. The minimum Gasteiger partial charge on any atom is -0.382 e. The van der Waals surface area contributed by atoms with Crippen LogP contribution in [-0.4, -0.2) is 11.0 Å². The molecule has 1 fully saturated rings. The van der Waals surface area contributed by atoms with Gasteiger partial charge in [0, 0.05) is 29.5 Å². The maximum absolute atomic E-state index is 4.12. The Morgan fingerprint density at radius 3 is 2.93 bits per heavy atom. The summed E-state index contributed by atoms with van der Waals surface area (Å²) in [4.78, 5) is 4.12. The van der Waals surface area contributed by atoms with Crippen LogP contribution in [-0.2, 0) is 0 Å². The molecule has 1 heterocycles. The number of anilines is 1. The standard InChI is InChI=1S/C12H12N2/c1-2-12(14-11-3-4-11)7-10-8-13-6-5-9(1)10/h1-2,5-8,11,14H,3-4H2. The third kappa shape index (κ3) is 1.43. The van der Waals surface area contributed by atoms with Crippen molar-refractivity contribution in [2.24, 2.45) is 0 Å². The van der Waals surface area contributed by atoms with Gasteiger partial charge in [-0.05, 0) is 36.4 Å². The molecule has 2 heteroatoms. The fourth-order valence-corrected chi connectivity index (χ4v) is 1.64. The molecule has 0 aliphatic heterocycles. The molecule has 1 aromatic carbocycles. The second-order valence-corrected chi connectivity index (χ2v) is 3.86. The van der Waals surface area contributed by atoms with Crippen LogP contribution in [0, 0.1) is 0 Å². The van der Waals surface area contributed by atoms with Crippen molar-refractivity contribution in [2.45, 2.75) is 18.9 Å². The summed E-state index contributed by atoms with van der Waals surface area (Å²) in [6.45, 7) is 0. The van der Waals surface area contributed by atoms with E-state index in [-0.39, 0.29) is 0 Å². The van der Waals surface area contributed by atoms with Crippen molar-refractivity contribution in [1.82, 2.24) is 4.98 Å². The number of hydrogen-bond donors (Lipinski definition) is 1. The monoisotopic (exact) mass is 184 g/mol. The molecule has 1 N–H and O–H groups in total. The smallest absolute Gasteiger partial charge is 0.0349 e. The molecule has 1 saturated carbocycles. The average molecular weight is 184 g/mol. The van der Waals surface area contributed by atoms with E-state index in [1.165, 1.54) is 29.3 Å². The molecule has 70 valence electrons. The van der Waals surface area contributed by atoms with Gasteiger partial charge < -0.3 is 5.32 Å². The minimum absolute atomic E-state index is 0.712. The summed E-state index contributed by atoms with van der Waals surface area (Å²) in [6, 6.07) is 9.20. The Kier molecular flexibility index (Phi) is 1.66. The van der Waals surface area contributed by atoms with E-state index in [4.69, 9.17) is 0 Å². The van der Waals surface area contributed by atoms with Crippen molar-refractivity contribution in [3.05, 3.63) is 36.7 Å². The third-order valence-electron chi connectivity index (χ3n) is 2.59. The number of nitrogens with zero attached hydrogens (tertiary/aromatic N) is 1. The van der Waals surface area contributed by atoms with Gasteiger partial charge in [-0.25, -0.2) is 0 Å². The van der Waals surface area contributed by atoms with Crippen molar-refractivity contribution in [1.29, 1.82) is 0 Å². The summed E-state index contributed by atoms with van der Waals surface area (Å²) in [7, 11) is 0. The zero-order valence-electron chi connectivity index (χ0n) is 7.90. The van der Waals surface area contributed by atoms with Crippen LogP contribution in [0.3, 0.4) is 0 Å². The molecule has 1 aliphatic rings. The molecule has 0 saturated heterocycles. The second kappa shape index (κ2) is 2.98. The van der Waals surface area contributed by atoms with Gasteiger partial charge >= 0.3 is 0 Å². The van der Waals surface area contributed by atoms with Crippen LogP contribution < -0.4 is 5.32 Å². The van der Waals surface area contributed by atoms with Crippen molar-refractivity contribution in [3.8, 4) is 0 Å². The lowest BCUT2D eigenvalue weighted by molar-refractivity contribution is 1.16. The zero-order chi connectivity index (χ0) is 9.38. The lowest BCUT2D eigenvalue weighted by Gasteiger charge is -2.05. The highest BCUT2D eigenvalue weighted by atomic mass is 14.9. The van der Waals surface area contributed by atoms with Crippen LogP contribution in [0.15, 0.2) is 36.7 Å². The largest absolute Gasteiger partial charge is 0.382 e. The highest BCUT2D eigenvalue weighted by molar-refractivity contribution is 5.84. The Balaban J connectivity index is 2.01. The van der Waals surface area contributed by atoms with Gasteiger partial charge in [0.25, 0.3) is 0 Å². The zero-order valence-corrected chi connectivity index (χ0v) is 7.90. The van der Waals surface area contributed by atoms with E-state index in [0.29, 0.717) is 6.04 Å². The topological polar surface area (TPSA) is 24.9 Å². The minimum atomic E-state index is 0.712. The number of hydrogen-bond acceptors (Lipinski definition) is 2. The molecule has 0 radical (unpaired) electrons. The molecule has 0 amide bonds. The molecule has 0 atom stereocenters. The van der Waals surface area contributed by atoms with Gasteiger partial charge in [0.1, 0.15) is 0 Å². The maximum atomic E-state index is 4.12. The van der Waals surface area contributed by atoms with Gasteiger partial charge in [-0.3, -0.25) is 4.98 Å². The molecule has 3 rings (SSSR count). The van der Waals surface area contributed by atoms with Crippen molar-refractivity contribution >= 4 is 16.5 Å². The third-order valence-corrected chi connectivity index (χ3v) is 2.59. The molecule has 2 aromatic rings.